The highest BCUT2D eigenvalue weighted by Gasteiger charge is 2.08. The van der Waals surface area contributed by atoms with E-state index in [0.29, 0.717) is 5.92 Å². The van der Waals surface area contributed by atoms with Gasteiger partial charge in [-0.15, -0.1) is 11.3 Å². The van der Waals surface area contributed by atoms with Gasteiger partial charge in [0.05, 0.1) is 0 Å². The smallest absolute Gasteiger partial charge is 0.121 e. The minimum atomic E-state index is -0.424. The van der Waals surface area contributed by atoms with E-state index in [0.717, 1.165) is 5.01 Å². The Balaban J connectivity index is 2.82. The van der Waals surface area contributed by atoms with Gasteiger partial charge in [-0.2, -0.15) is 0 Å². The van der Waals surface area contributed by atoms with Crippen LogP contribution in [0.3, 0.4) is 0 Å². The second-order valence-corrected chi connectivity index (χ2v) is 4.03. The highest BCUT2D eigenvalue weighted by Crippen LogP contribution is 2.25. The Hall–Kier alpha value is -0.410. The van der Waals surface area contributed by atoms with Crippen LogP contribution in [0.5, 0.6) is 0 Å². The maximum atomic E-state index is 9.17. The third-order valence-corrected chi connectivity index (χ3v) is 2.94. The second-order valence-electron chi connectivity index (χ2n) is 2.93. The van der Waals surface area contributed by atoms with Crippen LogP contribution >= 0.6 is 11.3 Å². The molecule has 62 valence electrons. The van der Waals surface area contributed by atoms with Crippen LogP contribution in [0.25, 0.3) is 0 Å². The zero-order chi connectivity index (χ0) is 8.43. The normalized spacial score (nSPS) is 13.9. The van der Waals surface area contributed by atoms with E-state index in [1.165, 1.54) is 4.88 Å². The van der Waals surface area contributed by atoms with Crippen molar-refractivity contribution in [2.75, 3.05) is 0 Å². The molecule has 0 radical (unpaired) electrons. The largest absolute Gasteiger partial charge is 0.386 e. The number of aliphatic hydroxyl groups is 1. The number of aliphatic hydroxyl groups excluding tert-OH is 1. The van der Waals surface area contributed by atoms with Crippen LogP contribution < -0.4 is 0 Å². The molecule has 1 aromatic heterocycles. The third-order valence-electron chi connectivity index (χ3n) is 1.47. The lowest BCUT2D eigenvalue weighted by Gasteiger charge is -1.97. The average Bonchev–Trinajstić information content (AvgIpc) is 2.33. The Kier molecular flexibility index (Phi) is 2.62. The van der Waals surface area contributed by atoms with Crippen molar-refractivity contribution in [3.8, 4) is 0 Å². The highest BCUT2D eigenvalue weighted by atomic mass is 32.1. The summed E-state index contributed by atoms with van der Waals surface area (Å²) in [6.07, 6.45) is 1.42. The van der Waals surface area contributed by atoms with Gasteiger partial charge in [-0.25, -0.2) is 4.98 Å². The van der Waals surface area contributed by atoms with E-state index in [2.05, 4.69) is 18.8 Å². The van der Waals surface area contributed by atoms with Crippen LogP contribution in [0.4, 0.5) is 0 Å². The van der Waals surface area contributed by atoms with Crippen LogP contribution in [0.1, 0.15) is 42.7 Å². The first-order chi connectivity index (χ1) is 5.11. The van der Waals surface area contributed by atoms with E-state index in [9.17, 15) is 0 Å². The SMILES string of the molecule is CC(C)c1cnc(C(C)O)s1. The van der Waals surface area contributed by atoms with E-state index in [-0.39, 0.29) is 0 Å². The standard InChI is InChI=1S/C8H13NOS/c1-5(2)7-4-9-8(11-7)6(3)10/h4-6,10H,1-3H3. The van der Waals surface area contributed by atoms with Crippen LogP contribution in [0.2, 0.25) is 0 Å². The van der Waals surface area contributed by atoms with E-state index in [1.807, 2.05) is 6.20 Å². The van der Waals surface area contributed by atoms with Gasteiger partial charge in [-0.05, 0) is 12.8 Å². The Morgan fingerprint density at radius 2 is 2.09 bits per heavy atom. The van der Waals surface area contributed by atoms with Gasteiger partial charge in [-0.3, -0.25) is 0 Å². The lowest BCUT2D eigenvalue weighted by atomic mass is 10.2. The molecule has 0 fully saturated rings. The Morgan fingerprint density at radius 1 is 1.45 bits per heavy atom. The van der Waals surface area contributed by atoms with Crippen LogP contribution in [0.15, 0.2) is 6.20 Å². The number of aromatic nitrogens is 1. The molecule has 0 aliphatic rings. The first-order valence-corrected chi connectivity index (χ1v) is 4.56. The summed E-state index contributed by atoms with van der Waals surface area (Å²) in [5.41, 5.74) is 0. The van der Waals surface area contributed by atoms with Crippen molar-refractivity contribution in [2.45, 2.75) is 32.8 Å². The fourth-order valence-corrected chi connectivity index (χ4v) is 1.62. The van der Waals surface area contributed by atoms with Crippen molar-refractivity contribution in [3.05, 3.63) is 16.1 Å². The molecule has 0 spiro atoms. The number of nitrogens with zero attached hydrogens (tertiary/aromatic N) is 1. The summed E-state index contributed by atoms with van der Waals surface area (Å²) < 4.78 is 0. The maximum absolute atomic E-state index is 9.17. The van der Waals surface area contributed by atoms with Gasteiger partial charge in [0.25, 0.3) is 0 Å². The molecule has 1 aromatic rings. The minimum absolute atomic E-state index is 0.424. The summed E-state index contributed by atoms with van der Waals surface area (Å²) in [5.74, 6) is 0.514. The number of hydrogen-bond acceptors (Lipinski definition) is 3. The number of thiazole rings is 1. The molecule has 0 aromatic carbocycles. The minimum Gasteiger partial charge on any atom is -0.386 e. The molecule has 0 bridgehead atoms. The summed E-state index contributed by atoms with van der Waals surface area (Å²) in [4.78, 5) is 5.34. The van der Waals surface area contributed by atoms with Crippen molar-refractivity contribution in [1.82, 2.24) is 4.98 Å². The zero-order valence-corrected chi connectivity index (χ0v) is 7.85. The molecule has 0 aliphatic heterocycles. The molecule has 1 rings (SSSR count). The van der Waals surface area contributed by atoms with Gasteiger partial charge >= 0.3 is 0 Å². The molecule has 3 heteroatoms. The quantitative estimate of drug-likeness (QED) is 0.740. The molecule has 11 heavy (non-hydrogen) atoms. The highest BCUT2D eigenvalue weighted by molar-refractivity contribution is 7.11. The fourth-order valence-electron chi connectivity index (χ4n) is 0.761. The van der Waals surface area contributed by atoms with E-state index in [4.69, 9.17) is 5.11 Å². The Bertz CT molecular complexity index is 207. The summed E-state index contributed by atoms with van der Waals surface area (Å²) >= 11 is 1.59. The first kappa shape index (κ1) is 8.68. The van der Waals surface area contributed by atoms with Crippen LogP contribution in [-0.2, 0) is 0 Å². The second kappa shape index (κ2) is 3.32. The van der Waals surface area contributed by atoms with Crippen molar-refractivity contribution < 1.29 is 5.11 Å². The Labute approximate surface area is 70.9 Å². The fraction of sp³-hybridized carbons (Fsp3) is 0.625. The summed E-state index contributed by atoms with van der Waals surface area (Å²) in [6.45, 7) is 5.99. The molecule has 2 nitrogen and oxygen atoms in total. The van der Waals surface area contributed by atoms with Gasteiger partial charge in [-0.1, -0.05) is 13.8 Å². The monoisotopic (exact) mass is 171 g/mol. The van der Waals surface area contributed by atoms with Crippen LogP contribution in [-0.4, -0.2) is 10.1 Å². The van der Waals surface area contributed by atoms with Crippen LogP contribution in [0, 0.1) is 0 Å². The van der Waals surface area contributed by atoms with Gasteiger partial charge in [0.1, 0.15) is 11.1 Å². The third kappa shape index (κ3) is 2.01. The molecule has 1 atom stereocenters. The molecule has 0 amide bonds. The van der Waals surface area contributed by atoms with Gasteiger partial charge in [0.15, 0.2) is 0 Å². The molecule has 0 saturated heterocycles. The topological polar surface area (TPSA) is 33.1 Å². The molecule has 1 heterocycles. The van der Waals surface area contributed by atoms with Crippen molar-refractivity contribution in [2.24, 2.45) is 0 Å². The van der Waals surface area contributed by atoms with Gasteiger partial charge < -0.3 is 5.11 Å². The maximum Gasteiger partial charge on any atom is 0.121 e. The van der Waals surface area contributed by atoms with Gasteiger partial charge in [0, 0.05) is 11.1 Å². The predicted octanol–water partition coefficient (Wildman–Crippen LogP) is 2.32. The lowest BCUT2D eigenvalue weighted by Crippen LogP contribution is -1.86. The number of hydrogen-bond donors (Lipinski definition) is 1. The molecule has 0 aliphatic carbocycles. The van der Waals surface area contributed by atoms with Gasteiger partial charge in [0.2, 0.25) is 0 Å². The van der Waals surface area contributed by atoms with E-state index >= 15 is 0 Å². The molecule has 0 saturated carbocycles. The van der Waals surface area contributed by atoms with Crippen molar-refractivity contribution in [3.63, 3.8) is 0 Å². The summed E-state index contributed by atoms with van der Waals surface area (Å²) in [5, 5.41) is 9.98. The van der Waals surface area contributed by atoms with E-state index < -0.39 is 6.10 Å². The summed E-state index contributed by atoms with van der Waals surface area (Å²) in [6, 6.07) is 0. The molecular weight excluding hydrogens is 158 g/mol. The lowest BCUT2D eigenvalue weighted by molar-refractivity contribution is 0.199. The summed E-state index contributed by atoms with van der Waals surface area (Å²) in [7, 11) is 0. The molecule has 1 N–H and O–H groups in total. The predicted molar refractivity (Wildman–Crippen MR) is 46.8 cm³/mol. The average molecular weight is 171 g/mol. The molecular formula is C8H13NOS. The molecule has 1 unspecified atom stereocenters. The van der Waals surface area contributed by atoms with Crippen molar-refractivity contribution in [1.29, 1.82) is 0 Å². The number of rotatable bonds is 2. The van der Waals surface area contributed by atoms with E-state index in [1.54, 1.807) is 18.3 Å². The first-order valence-electron chi connectivity index (χ1n) is 3.75. The van der Waals surface area contributed by atoms with Crippen molar-refractivity contribution >= 4 is 11.3 Å². The zero-order valence-electron chi connectivity index (χ0n) is 7.03. The Morgan fingerprint density at radius 3 is 2.36 bits per heavy atom.